The first-order valence-corrected chi connectivity index (χ1v) is 7.72. The molecule has 0 saturated heterocycles. The molecule has 0 aliphatic rings. The van der Waals surface area contributed by atoms with Gasteiger partial charge in [-0.05, 0) is 42.8 Å². The summed E-state index contributed by atoms with van der Waals surface area (Å²) in [7, 11) is 0. The molecule has 0 aliphatic heterocycles. The Kier molecular flexibility index (Phi) is 5.30. The van der Waals surface area contributed by atoms with Crippen LogP contribution in [0.1, 0.15) is 5.56 Å². The van der Waals surface area contributed by atoms with Gasteiger partial charge in [-0.15, -0.1) is 0 Å². The van der Waals surface area contributed by atoms with E-state index in [1.165, 1.54) is 6.41 Å². The molecule has 26 heavy (non-hydrogen) atoms. The standard InChI is InChI=1S/C18H17N4O3.Fm/c1-12-3-2-4-15(7-12)22-16-8-14(6-5-13(16)9-20-22)21-18(25)17(24)10-19-11-23;/h2-9,17,24H,10H2,1H3,(H,19,23)(H,21,25);/q-1;. The summed E-state index contributed by atoms with van der Waals surface area (Å²) < 4.78 is 1.79. The summed E-state index contributed by atoms with van der Waals surface area (Å²) in [6.45, 7) is 1.81. The molecular weight excluding hydrogens is 577 g/mol. The molecule has 0 bridgehead atoms. The smallest absolute Gasteiger partial charge is 0.254 e. The Balaban J connectivity index is 0.00000243. The molecule has 2 aromatic carbocycles. The van der Waals surface area contributed by atoms with Crippen LogP contribution in [-0.4, -0.2) is 39.9 Å². The van der Waals surface area contributed by atoms with Gasteiger partial charge in [0.2, 0.25) is 0 Å². The van der Waals surface area contributed by atoms with Gasteiger partial charge in [-0.1, -0.05) is 12.1 Å². The van der Waals surface area contributed by atoms with Crippen molar-refractivity contribution in [2.24, 2.45) is 0 Å². The Bertz CT molecular complexity index is 926. The molecule has 1 heterocycles. The van der Waals surface area contributed by atoms with Crippen LogP contribution in [0.5, 0.6) is 0 Å². The van der Waals surface area contributed by atoms with Gasteiger partial charge in [0.25, 0.3) is 5.91 Å². The number of aliphatic hydroxyl groups excluding tert-OH is 1. The van der Waals surface area contributed by atoms with Gasteiger partial charge in [0.05, 0.1) is 17.4 Å². The van der Waals surface area contributed by atoms with E-state index in [9.17, 15) is 14.7 Å². The first kappa shape index (κ1) is 18.2. The summed E-state index contributed by atoms with van der Waals surface area (Å²) in [5.74, 6) is -0.608. The Morgan fingerprint density at radius 2 is 2.12 bits per heavy atom. The molecule has 1 unspecified atom stereocenters. The van der Waals surface area contributed by atoms with Crippen LogP contribution in [0.3, 0.4) is 0 Å². The number of fused-ring (bicyclic) bond motifs is 1. The maximum Gasteiger partial charge on any atom is 0.254 e. The van der Waals surface area contributed by atoms with Crippen LogP contribution >= 0.6 is 0 Å². The summed E-state index contributed by atoms with van der Waals surface area (Å²) >= 11 is 0. The van der Waals surface area contributed by atoms with Crippen molar-refractivity contribution in [3.05, 3.63) is 54.2 Å². The molecule has 3 N–H and O–H groups in total. The minimum absolute atomic E-state index is 0. The van der Waals surface area contributed by atoms with Crippen molar-refractivity contribution in [2.75, 3.05) is 11.9 Å². The molecule has 140 valence electrons. The number of aliphatic hydroxyl groups is 1. The van der Waals surface area contributed by atoms with Crippen LogP contribution in [0.2, 0.25) is 0 Å². The maximum absolute atomic E-state index is 11.9. The molecule has 2 amide bonds. The normalized spacial score (nSPS) is 11.5. The van der Waals surface area contributed by atoms with Crippen LogP contribution in [0.25, 0.3) is 16.6 Å². The van der Waals surface area contributed by atoms with E-state index in [0.717, 1.165) is 22.2 Å². The molecule has 0 fully saturated rings. The van der Waals surface area contributed by atoms with Gasteiger partial charge >= 0.3 is 0 Å². The fourth-order valence-electron chi connectivity index (χ4n) is 2.52. The second kappa shape index (κ2) is 7.59. The predicted octanol–water partition coefficient (Wildman–Crippen LogP) is 1.29. The van der Waals surface area contributed by atoms with Gasteiger partial charge in [-0.2, -0.15) is 11.5 Å². The van der Waals surface area contributed by atoms with Crippen molar-refractivity contribution in [1.82, 2.24) is 15.1 Å². The van der Waals surface area contributed by atoms with Crippen molar-refractivity contribution in [3.8, 4) is 5.69 Å². The van der Waals surface area contributed by atoms with Gasteiger partial charge in [-0.3, -0.25) is 4.79 Å². The monoisotopic (exact) mass is 594 g/mol. The number of amides is 2. The number of hydrogen-bond acceptors (Lipinski definition) is 4. The predicted molar refractivity (Wildman–Crippen MR) is 94.1 cm³/mol. The van der Waals surface area contributed by atoms with E-state index in [0.29, 0.717) is 5.69 Å². The molecule has 0 aliphatic carbocycles. The first-order valence-electron chi connectivity index (χ1n) is 7.72. The van der Waals surface area contributed by atoms with Crippen molar-refractivity contribution in [1.29, 1.82) is 0 Å². The molecule has 7 nitrogen and oxygen atoms in total. The second-order valence-electron chi connectivity index (χ2n) is 5.66. The zero-order valence-electron chi connectivity index (χ0n) is 13.9. The van der Waals surface area contributed by atoms with E-state index in [1.54, 1.807) is 23.0 Å². The fourth-order valence-corrected chi connectivity index (χ4v) is 2.52. The van der Waals surface area contributed by atoms with E-state index in [2.05, 4.69) is 15.7 Å². The Morgan fingerprint density at radius 3 is 2.85 bits per heavy atom. The van der Waals surface area contributed by atoms with Crippen molar-refractivity contribution < 1.29 is 14.7 Å². The van der Waals surface area contributed by atoms with E-state index in [1.807, 2.05) is 37.3 Å². The number of carbonyl (C=O) groups is 1. The molecule has 1 aromatic heterocycles. The van der Waals surface area contributed by atoms with Gasteiger partial charge in [-0.25, -0.2) is 4.68 Å². The number of aromatic nitrogens is 2. The summed E-state index contributed by atoms with van der Waals surface area (Å²) in [6.07, 6.45) is 1.82. The largest absolute Gasteiger partial charge is 0.527 e. The molecule has 3 aromatic rings. The minimum Gasteiger partial charge on any atom is -0.527 e. The maximum atomic E-state index is 11.9. The Morgan fingerprint density at radius 1 is 1.31 bits per heavy atom. The molecule has 3 rings (SSSR count). The number of rotatable bonds is 6. The van der Waals surface area contributed by atoms with Crippen LogP contribution in [0.4, 0.5) is 5.69 Å². The summed E-state index contributed by atoms with van der Waals surface area (Å²) in [5, 5.41) is 19.8. The Hall–Kier alpha value is -4.19. The van der Waals surface area contributed by atoms with Crippen LogP contribution in [0, 0.1) is 6.92 Å². The van der Waals surface area contributed by atoms with Crippen LogP contribution < -0.4 is 10.6 Å². The van der Waals surface area contributed by atoms with Crippen molar-refractivity contribution in [3.63, 3.8) is 0 Å². The van der Waals surface area contributed by atoms with Crippen LogP contribution in [0.15, 0.2) is 48.7 Å². The molecule has 0 radical (unpaired) electrons. The third kappa shape index (κ3) is 3.65. The number of hydrogen-bond donors (Lipinski definition) is 3. The third-order valence-corrected chi connectivity index (χ3v) is 3.75. The number of benzene rings is 2. The van der Waals surface area contributed by atoms with Gasteiger partial charge in [0.1, 0.15) is 6.10 Å². The summed E-state index contributed by atoms with van der Waals surface area (Å²) in [5.41, 5.74) is 3.40. The van der Waals surface area contributed by atoms with E-state index in [-0.39, 0.29) is 6.54 Å². The number of anilines is 1. The topological polar surface area (TPSA) is 96.2 Å². The summed E-state index contributed by atoms with van der Waals surface area (Å²) in [4.78, 5) is 22.1. The van der Waals surface area contributed by atoms with Crippen molar-refractivity contribution in [2.45, 2.75) is 13.0 Å². The van der Waals surface area contributed by atoms with Gasteiger partial charge < -0.3 is 20.5 Å². The molecular formula is C18H17FmN4O3-. The number of carbonyl (C=O) groups excluding carboxylic acids is 2. The number of nitrogens with zero attached hydrogens (tertiary/aromatic N) is 2. The molecule has 1 atom stereocenters. The molecule has 8 heteroatoms. The van der Waals surface area contributed by atoms with Crippen LogP contribution in [-0.2, 0) is 9.59 Å². The quantitative estimate of drug-likeness (QED) is 0.296. The SMILES string of the molecule is Cc1cccc(-n2ncc3ccc(NC(=O)C(O)CN[C-]=O)cc32)c1.[Fm]. The van der Waals surface area contributed by atoms with E-state index in [4.69, 9.17) is 0 Å². The summed E-state index contributed by atoms with van der Waals surface area (Å²) in [6, 6.07) is 13.3. The van der Waals surface area contributed by atoms with E-state index >= 15 is 0 Å². The number of nitrogens with one attached hydrogen (secondary N) is 2. The van der Waals surface area contributed by atoms with E-state index < -0.39 is 12.0 Å². The van der Waals surface area contributed by atoms with Gasteiger partial charge in [0, 0.05) is 17.6 Å². The third-order valence-electron chi connectivity index (χ3n) is 3.75. The Labute approximate surface area is 144 Å². The van der Waals surface area contributed by atoms with Gasteiger partial charge in [0.15, 0.2) is 0 Å². The molecule has 0 saturated carbocycles. The zero-order chi connectivity index (χ0) is 17.8. The molecule has 0 spiro atoms. The first-order chi connectivity index (χ1) is 12.1. The fraction of sp³-hybridized carbons (Fsp3) is 0.167. The number of aryl methyl sites for hydroxylation is 1. The zero-order valence-corrected chi connectivity index (χ0v) is 16.3. The second-order valence-corrected chi connectivity index (χ2v) is 5.66. The van der Waals surface area contributed by atoms with Crippen molar-refractivity contribution >= 4 is 28.9 Å². The minimum atomic E-state index is -1.35. The average Bonchev–Trinajstić information content (AvgIpc) is 3.02. The average molecular weight is 594 g/mol.